The van der Waals surface area contributed by atoms with Crippen LogP contribution in [0.1, 0.15) is 52.9 Å². The average Bonchev–Trinajstić information content (AvgIpc) is 2.28. The zero-order chi connectivity index (χ0) is 14.7. The van der Waals surface area contributed by atoms with Crippen LogP contribution in [0.25, 0.3) is 0 Å². The molecule has 0 aromatic carbocycles. The number of carboxylic acids is 1. The van der Waals surface area contributed by atoms with E-state index in [1.165, 1.54) is 11.2 Å². The first-order valence-corrected chi connectivity index (χ1v) is 8.21. The Balaban J connectivity index is 2.90. The number of carbonyl (C=O) groups is 1. The predicted molar refractivity (Wildman–Crippen MR) is 73.0 cm³/mol. The zero-order valence-corrected chi connectivity index (χ0v) is 12.7. The number of rotatable bonds is 6. The molecule has 1 aliphatic heterocycles. The summed E-state index contributed by atoms with van der Waals surface area (Å²) in [5.41, 5.74) is -1.44. The van der Waals surface area contributed by atoms with E-state index in [-0.39, 0.29) is 12.5 Å². The van der Waals surface area contributed by atoms with Crippen LogP contribution in [0, 0.1) is 0 Å². The van der Waals surface area contributed by atoms with Gasteiger partial charge in [0, 0.05) is 12.6 Å². The Bertz CT molecular complexity index is 423. The molecule has 7 heteroatoms. The van der Waals surface area contributed by atoms with Gasteiger partial charge in [0.15, 0.2) is 0 Å². The zero-order valence-electron chi connectivity index (χ0n) is 11.8. The Hall–Kier alpha value is -0.660. The van der Waals surface area contributed by atoms with E-state index >= 15 is 0 Å². The highest BCUT2D eigenvalue weighted by atomic mass is 32.2. The molecule has 112 valence electrons. The molecule has 0 aromatic heterocycles. The van der Waals surface area contributed by atoms with Gasteiger partial charge in [0.2, 0.25) is 0 Å². The molecule has 1 saturated heterocycles. The normalized spacial score (nSPS) is 24.9. The van der Waals surface area contributed by atoms with Gasteiger partial charge in [-0.15, -0.1) is 0 Å². The lowest BCUT2D eigenvalue weighted by molar-refractivity contribution is -0.143. The van der Waals surface area contributed by atoms with E-state index in [2.05, 4.69) is 4.72 Å². The number of aliphatic carboxylic acids is 1. The summed E-state index contributed by atoms with van der Waals surface area (Å²) in [4.78, 5) is 11.3. The highest BCUT2D eigenvalue weighted by molar-refractivity contribution is 7.87. The molecular weight excluding hydrogens is 268 g/mol. The van der Waals surface area contributed by atoms with Gasteiger partial charge in [-0.1, -0.05) is 19.8 Å². The molecule has 19 heavy (non-hydrogen) atoms. The molecule has 1 heterocycles. The first-order valence-electron chi connectivity index (χ1n) is 6.77. The van der Waals surface area contributed by atoms with Crippen molar-refractivity contribution in [3.63, 3.8) is 0 Å². The van der Waals surface area contributed by atoms with Gasteiger partial charge in [0.25, 0.3) is 10.2 Å². The van der Waals surface area contributed by atoms with Crippen molar-refractivity contribution in [1.29, 1.82) is 0 Å². The molecule has 1 fully saturated rings. The molecule has 2 atom stereocenters. The largest absolute Gasteiger partial charge is 0.480 e. The number of hydrogen-bond acceptors (Lipinski definition) is 3. The second-order valence-electron chi connectivity index (χ2n) is 5.45. The van der Waals surface area contributed by atoms with Gasteiger partial charge < -0.3 is 5.11 Å². The van der Waals surface area contributed by atoms with E-state index in [1.807, 2.05) is 13.8 Å². The van der Waals surface area contributed by atoms with Gasteiger partial charge in [-0.2, -0.15) is 17.4 Å². The van der Waals surface area contributed by atoms with Crippen molar-refractivity contribution in [3.05, 3.63) is 0 Å². The van der Waals surface area contributed by atoms with Gasteiger partial charge in [-0.05, 0) is 33.1 Å². The molecule has 1 aliphatic rings. The van der Waals surface area contributed by atoms with E-state index in [0.717, 1.165) is 19.3 Å². The topological polar surface area (TPSA) is 86.7 Å². The maximum Gasteiger partial charge on any atom is 0.324 e. The van der Waals surface area contributed by atoms with Crippen LogP contribution in [0.5, 0.6) is 0 Å². The van der Waals surface area contributed by atoms with Crippen LogP contribution in [-0.2, 0) is 15.0 Å². The summed E-state index contributed by atoms with van der Waals surface area (Å²) in [6.45, 7) is 5.57. The molecule has 0 aliphatic carbocycles. The maximum absolute atomic E-state index is 12.3. The van der Waals surface area contributed by atoms with Gasteiger partial charge in [-0.3, -0.25) is 4.79 Å². The lowest BCUT2D eigenvalue weighted by Crippen LogP contribution is -2.58. The molecule has 2 unspecified atom stereocenters. The first kappa shape index (κ1) is 16.4. The standard InChI is InChI=1S/C12H24N2O4S/c1-4-8-12(3,11(15)16)13-19(17,18)14-9-6-5-7-10(14)2/h10,13H,4-9H2,1-3H3,(H,15,16). The first-order chi connectivity index (χ1) is 8.73. The van der Waals surface area contributed by atoms with Gasteiger partial charge in [0.05, 0.1) is 0 Å². The molecule has 0 radical (unpaired) electrons. The van der Waals surface area contributed by atoms with Crippen molar-refractivity contribution in [2.24, 2.45) is 0 Å². The second-order valence-corrected chi connectivity index (χ2v) is 7.07. The van der Waals surface area contributed by atoms with E-state index < -0.39 is 21.7 Å². The molecule has 0 spiro atoms. The fourth-order valence-corrected chi connectivity index (χ4v) is 4.30. The number of hydrogen-bond donors (Lipinski definition) is 2. The number of nitrogens with one attached hydrogen (secondary N) is 1. The van der Waals surface area contributed by atoms with Gasteiger partial charge >= 0.3 is 5.97 Å². The summed E-state index contributed by atoms with van der Waals surface area (Å²) >= 11 is 0. The summed E-state index contributed by atoms with van der Waals surface area (Å²) in [5, 5.41) is 9.25. The summed E-state index contributed by atoms with van der Waals surface area (Å²) in [6, 6.07) is -0.0779. The number of nitrogens with zero attached hydrogens (tertiary/aromatic N) is 1. The smallest absolute Gasteiger partial charge is 0.324 e. The SMILES string of the molecule is CCCC(C)(NS(=O)(=O)N1CCCCC1C)C(=O)O. The third kappa shape index (κ3) is 3.90. The Labute approximate surface area is 115 Å². The Morgan fingerprint density at radius 2 is 2.11 bits per heavy atom. The lowest BCUT2D eigenvalue weighted by Gasteiger charge is -2.35. The van der Waals surface area contributed by atoms with E-state index in [4.69, 9.17) is 0 Å². The highest BCUT2D eigenvalue weighted by Gasteiger charge is 2.40. The Morgan fingerprint density at radius 3 is 2.58 bits per heavy atom. The fraction of sp³-hybridized carbons (Fsp3) is 0.917. The number of carboxylic acid groups (broad SMARTS) is 1. The molecule has 2 N–H and O–H groups in total. The third-order valence-electron chi connectivity index (χ3n) is 3.63. The molecule has 0 saturated carbocycles. The van der Waals surface area contributed by atoms with Crippen LogP contribution in [0.2, 0.25) is 0 Å². The average molecular weight is 292 g/mol. The van der Waals surface area contributed by atoms with Crippen molar-refractivity contribution < 1.29 is 18.3 Å². The van der Waals surface area contributed by atoms with Crippen molar-refractivity contribution in [2.45, 2.75) is 64.5 Å². The van der Waals surface area contributed by atoms with Gasteiger partial charge in [-0.25, -0.2) is 0 Å². The third-order valence-corrected chi connectivity index (χ3v) is 5.50. The van der Waals surface area contributed by atoms with E-state index in [1.54, 1.807) is 0 Å². The molecule has 0 aromatic rings. The molecule has 1 rings (SSSR count). The van der Waals surface area contributed by atoms with E-state index in [0.29, 0.717) is 13.0 Å². The summed E-state index contributed by atoms with van der Waals surface area (Å²) in [5.74, 6) is -1.14. The fourth-order valence-electron chi connectivity index (χ4n) is 2.47. The summed E-state index contributed by atoms with van der Waals surface area (Å²) < 4.78 is 28.4. The quantitative estimate of drug-likeness (QED) is 0.773. The molecule has 0 bridgehead atoms. The second kappa shape index (κ2) is 6.19. The summed E-state index contributed by atoms with van der Waals surface area (Å²) in [7, 11) is -3.75. The van der Waals surface area contributed by atoms with Crippen LogP contribution in [0.4, 0.5) is 0 Å². The monoisotopic (exact) mass is 292 g/mol. The molecule has 6 nitrogen and oxygen atoms in total. The van der Waals surface area contributed by atoms with Crippen molar-refractivity contribution in [1.82, 2.24) is 9.03 Å². The Kier molecular flexibility index (Phi) is 5.34. The van der Waals surface area contributed by atoms with Crippen LogP contribution >= 0.6 is 0 Å². The van der Waals surface area contributed by atoms with Crippen LogP contribution in [-0.4, -0.2) is 41.9 Å². The minimum absolute atomic E-state index is 0.0779. The van der Waals surface area contributed by atoms with Crippen LogP contribution in [0.3, 0.4) is 0 Å². The minimum atomic E-state index is -3.75. The van der Waals surface area contributed by atoms with E-state index in [9.17, 15) is 18.3 Å². The van der Waals surface area contributed by atoms with Crippen LogP contribution in [0.15, 0.2) is 0 Å². The van der Waals surface area contributed by atoms with Crippen molar-refractivity contribution in [3.8, 4) is 0 Å². The van der Waals surface area contributed by atoms with Crippen molar-refractivity contribution >= 4 is 16.2 Å². The van der Waals surface area contributed by atoms with Crippen LogP contribution < -0.4 is 4.72 Å². The van der Waals surface area contributed by atoms with Gasteiger partial charge in [0.1, 0.15) is 5.54 Å². The number of piperidine rings is 1. The highest BCUT2D eigenvalue weighted by Crippen LogP contribution is 2.22. The molecular formula is C12H24N2O4S. The predicted octanol–water partition coefficient (Wildman–Crippen LogP) is 1.34. The van der Waals surface area contributed by atoms with Crippen molar-refractivity contribution in [2.75, 3.05) is 6.54 Å². The lowest BCUT2D eigenvalue weighted by atomic mass is 9.98. The maximum atomic E-state index is 12.3. The summed E-state index contributed by atoms with van der Waals surface area (Å²) in [6.07, 6.45) is 3.52. The Morgan fingerprint density at radius 1 is 1.47 bits per heavy atom. The molecule has 0 amide bonds. The minimum Gasteiger partial charge on any atom is -0.480 e.